The van der Waals surface area contributed by atoms with E-state index in [1.54, 1.807) is 0 Å². The molecule has 0 saturated carbocycles. The molecule has 1 aromatic rings. The maximum atomic E-state index is 12.7. The molecule has 2 heterocycles. The van der Waals surface area contributed by atoms with Crippen molar-refractivity contribution >= 4 is 11.7 Å². The third-order valence-electron chi connectivity index (χ3n) is 1.61. The number of halogens is 1. The second kappa shape index (κ2) is 2.93. The molecule has 5 heteroatoms. The molecule has 0 fully saturated rings. The van der Waals surface area contributed by atoms with E-state index in [0.29, 0.717) is 11.3 Å². The fourth-order valence-corrected chi connectivity index (χ4v) is 1.03. The molecule has 1 aromatic heterocycles. The standard InChI is InChI=1S/C8H5FN2O2/c9-6-1-5(3-10-4-6)7-2-8(12)13-11-7/h1,3-4H,2H2. The van der Waals surface area contributed by atoms with Gasteiger partial charge in [0.1, 0.15) is 11.5 Å². The lowest BCUT2D eigenvalue weighted by atomic mass is 10.1. The zero-order chi connectivity index (χ0) is 9.26. The quantitative estimate of drug-likeness (QED) is 0.602. The summed E-state index contributed by atoms with van der Waals surface area (Å²) in [4.78, 5) is 18.7. The third-order valence-corrected chi connectivity index (χ3v) is 1.61. The van der Waals surface area contributed by atoms with Gasteiger partial charge >= 0.3 is 5.97 Å². The van der Waals surface area contributed by atoms with E-state index in [0.717, 1.165) is 6.20 Å². The molecule has 1 aliphatic rings. The highest BCUT2D eigenvalue weighted by atomic mass is 19.1. The predicted molar refractivity (Wildman–Crippen MR) is 41.4 cm³/mol. The maximum Gasteiger partial charge on any atom is 0.341 e. The van der Waals surface area contributed by atoms with Crippen LogP contribution in [0.4, 0.5) is 4.39 Å². The number of oxime groups is 1. The minimum atomic E-state index is -0.459. The normalized spacial score (nSPS) is 15.5. The first-order chi connectivity index (χ1) is 6.25. The fraction of sp³-hybridized carbons (Fsp3) is 0.125. The van der Waals surface area contributed by atoms with Crippen LogP contribution in [0.25, 0.3) is 0 Å². The van der Waals surface area contributed by atoms with E-state index in [2.05, 4.69) is 15.0 Å². The lowest BCUT2D eigenvalue weighted by molar-refractivity contribution is -0.140. The van der Waals surface area contributed by atoms with Crippen molar-refractivity contribution in [2.24, 2.45) is 5.16 Å². The first-order valence-electron chi connectivity index (χ1n) is 3.63. The second-order valence-electron chi connectivity index (χ2n) is 2.57. The van der Waals surface area contributed by atoms with Crippen molar-refractivity contribution < 1.29 is 14.0 Å². The van der Waals surface area contributed by atoms with Gasteiger partial charge in [0.05, 0.1) is 12.6 Å². The minimum absolute atomic E-state index is 0.0745. The van der Waals surface area contributed by atoms with E-state index >= 15 is 0 Å². The summed E-state index contributed by atoms with van der Waals surface area (Å²) in [5.74, 6) is -0.890. The number of carbonyl (C=O) groups excluding carboxylic acids is 1. The number of rotatable bonds is 1. The number of hydrogen-bond acceptors (Lipinski definition) is 4. The van der Waals surface area contributed by atoms with Gasteiger partial charge in [0.25, 0.3) is 0 Å². The number of hydrogen-bond donors (Lipinski definition) is 0. The van der Waals surface area contributed by atoms with Crippen LogP contribution >= 0.6 is 0 Å². The summed E-state index contributed by atoms with van der Waals surface area (Å²) in [6.45, 7) is 0. The Morgan fingerprint density at radius 3 is 2.92 bits per heavy atom. The summed E-state index contributed by atoms with van der Waals surface area (Å²) in [5, 5.41) is 3.49. The van der Waals surface area contributed by atoms with Crippen LogP contribution in [0.15, 0.2) is 23.6 Å². The maximum absolute atomic E-state index is 12.7. The molecule has 0 atom stereocenters. The minimum Gasteiger partial charge on any atom is -0.318 e. The first kappa shape index (κ1) is 7.85. The van der Waals surface area contributed by atoms with Crippen LogP contribution < -0.4 is 0 Å². The molecule has 0 N–H and O–H groups in total. The zero-order valence-corrected chi connectivity index (χ0v) is 6.53. The van der Waals surface area contributed by atoms with Crippen LogP contribution in [-0.4, -0.2) is 16.7 Å². The Bertz CT molecular complexity index is 389. The zero-order valence-electron chi connectivity index (χ0n) is 6.53. The molecule has 13 heavy (non-hydrogen) atoms. The first-order valence-corrected chi connectivity index (χ1v) is 3.63. The van der Waals surface area contributed by atoms with Gasteiger partial charge in [0.2, 0.25) is 0 Å². The number of pyridine rings is 1. The van der Waals surface area contributed by atoms with Crippen molar-refractivity contribution in [3.8, 4) is 0 Å². The van der Waals surface area contributed by atoms with E-state index in [1.165, 1.54) is 12.3 Å². The highest BCUT2D eigenvalue weighted by molar-refractivity contribution is 6.11. The van der Waals surface area contributed by atoms with Crippen LogP contribution in [0.3, 0.4) is 0 Å². The third kappa shape index (κ3) is 1.53. The Balaban J connectivity index is 2.31. The average molecular weight is 180 g/mol. The number of aromatic nitrogens is 1. The summed E-state index contributed by atoms with van der Waals surface area (Å²) >= 11 is 0. The van der Waals surface area contributed by atoms with Gasteiger partial charge in [-0.05, 0) is 6.07 Å². The second-order valence-corrected chi connectivity index (χ2v) is 2.57. The van der Waals surface area contributed by atoms with E-state index in [9.17, 15) is 9.18 Å². The van der Waals surface area contributed by atoms with Crippen molar-refractivity contribution in [1.82, 2.24) is 4.98 Å². The molecule has 0 bridgehead atoms. The molecule has 0 aliphatic carbocycles. The van der Waals surface area contributed by atoms with Gasteiger partial charge in [0.15, 0.2) is 0 Å². The summed E-state index contributed by atoms with van der Waals surface area (Å²) < 4.78 is 12.7. The van der Waals surface area contributed by atoms with Crippen molar-refractivity contribution in [1.29, 1.82) is 0 Å². The number of nitrogens with zero attached hydrogens (tertiary/aromatic N) is 2. The molecular weight excluding hydrogens is 175 g/mol. The van der Waals surface area contributed by atoms with Gasteiger partial charge in [-0.1, -0.05) is 5.16 Å². The Kier molecular flexibility index (Phi) is 1.77. The topological polar surface area (TPSA) is 51.5 Å². The van der Waals surface area contributed by atoms with E-state index in [-0.39, 0.29) is 6.42 Å². The van der Waals surface area contributed by atoms with Crippen molar-refractivity contribution in [2.75, 3.05) is 0 Å². The lowest BCUT2D eigenvalue weighted by Gasteiger charge is -1.94. The highest BCUT2D eigenvalue weighted by Crippen LogP contribution is 2.11. The van der Waals surface area contributed by atoms with Gasteiger partial charge in [-0.25, -0.2) is 9.18 Å². The van der Waals surface area contributed by atoms with Gasteiger partial charge in [-0.15, -0.1) is 0 Å². The Morgan fingerprint density at radius 2 is 2.31 bits per heavy atom. The van der Waals surface area contributed by atoms with E-state index < -0.39 is 11.8 Å². The SMILES string of the molecule is O=C1CC(c2cncc(F)c2)=NO1. The van der Waals surface area contributed by atoms with Crippen LogP contribution in [0.5, 0.6) is 0 Å². The lowest BCUT2D eigenvalue weighted by Crippen LogP contribution is -2.01. The van der Waals surface area contributed by atoms with Crippen LogP contribution in [0, 0.1) is 5.82 Å². The molecule has 0 amide bonds. The fourth-order valence-electron chi connectivity index (χ4n) is 1.03. The monoisotopic (exact) mass is 180 g/mol. The molecule has 0 aromatic carbocycles. The predicted octanol–water partition coefficient (Wildman–Crippen LogP) is 0.872. The number of carbonyl (C=O) groups is 1. The average Bonchev–Trinajstić information content (AvgIpc) is 2.52. The summed E-state index contributed by atoms with van der Waals surface area (Å²) in [6, 6.07) is 1.26. The van der Waals surface area contributed by atoms with Crippen LogP contribution in [-0.2, 0) is 9.63 Å². The largest absolute Gasteiger partial charge is 0.341 e. The molecule has 0 unspecified atom stereocenters. The van der Waals surface area contributed by atoms with Crippen molar-refractivity contribution in [2.45, 2.75) is 6.42 Å². The van der Waals surface area contributed by atoms with E-state index in [1.807, 2.05) is 0 Å². The van der Waals surface area contributed by atoms with Crippen LogP contribution in [0.2, 0.25) is 0 Å². The molecule has 2 rings (SSSR count). The van der Waals surface area contributed by atoms with Crippen LogP contribution in [0.1, 0.15) is 12.0 Å². The summed E-state index contributed by atoms with van der Waals surface area (Å²) in [6.07, 6.45) is 2.59. The van der Waals surface area contributed by atoms with Gasteiger partial charge < -0.3 is 4.84 Å². The van der Waals surface area contributed by atoms with Crippen molar-refractivity contribution in [3.63, 3.8) is 0 Å². The summed E-state index contributed by atoms with van der Waals surface area (Å²) in [7, 11) is 0. The smallest absolute Gasteiger partial charge is 0.318 e. The Hall–Kier alpha value is -1.78. The Morgan fingerprint density at radius 1 is 1.46 bits per heavy atom. The molecule has 4 nitrogen and oxygen atoms in total. The van der Waals surface area contributed by atoms with Gasteiger partial charge in [0, 0.05) is 11.8 Å². The van der Waals surface area contributed by atoms with Crippen molar-refractivity contribution in [3.05, 3.63) is 29.8 Å². The molecule has 66 valence electrons. The molecular formula is C8H5FN2O2. The van der Waals surface area contributed by atoms with E-state index in [4.69, 9.17) is 0 Å². The Labute approximate surface area is 73.0 Å². The highest BCUT2D eigenvalue weighted by Gasteiger charge is 2.19. The van der Waals surface area contributed by atoms with Gasteiger partial charge in [-0.3, -0.25) is 4.98 Å². The van der Waals surface area contributed by atoms with Gasteiger partial charge in [-0.2, -0.15) is 0 Å². The molecule has 0 radical (unpaired) electrons. The molecule has 0 saturated heterocycles. The molecule has 0 spiro atoms. The molecule has 1 aliphatic heterocycles. The summed E-state index contributed by atoms with van der Waals surface area (Å²) in [5.41, 5.74) is 0.892.